The van der Waals surface area contributed by atoms with Crippen LogP contribution in [0, 0.1) is 0 Å². The zero-order valence-corrected chi connectivity index (χ0v) is 12.5. The Kier molecular flexibility index (Phi) is 3.82. The van der Waals surface area contributed by atoms with Gasteiger partial charge in [0, 0.05) is 11.9 Å². The molecule has 2 rings (SSSR count). The maximum absolute atomic E-state index is 12.1. The van der Waals surface area contributed by atoms with Crippen molar-refractivity contribution in [3.05, 3.63) is 36.2 Å². The Morgan fingerprint density at radius 1 is 1.30 bits per heavy atom. The Bertz CT molecular complexity index is 720. The van der Waals surface area contributed by atoms with Crippen LogP contribution in [0.1, 0.15) is 25.5 Å². The van der Waals surface area contributed by atoms with Gasteiger partial charge in [0.1, 0.15) is 4.90 Å². The zero-order valence-electron chi connectivity index (χ0n) is 11.7. The van der Waals surface area contributed by atoms with Crippen molar-refractivity contribution in [3.63, 3.8) is 0 Å². The van der Waals surface area contributed by atoms with E-state index in [1.807, 2.05) is 19.9 Å². The van der Waals surface area contributed by atoms with E-state index in [4.69, 9.17) is 5.73 Å². The van der Waals surface area contributed by atoms with Crippen molar-refractivity contribution in [3.8, 4) is 5.69 Å². The molecule has 108 valence electrons. The number of nitrogens with zero attached hydrogens (tertiary/aromatic N) is 2. The number of nitrogens with two attached hydrogens (primary N) is 1. The minimum Gasteiger partial charge on any atom is -0.399 e. The molecule has 0 saturated heterocycles. The van der Waals surface area contributed by atoms with Crippen LogP contribution in [0.25, 0.3) is 5.69 Å². The molecule has 0 aliphatic carbocycles. The first-order valence-corrected chi connectivity index (χ1v) is 7.72. The van der Waals surface area contributed by atoms with Crippen molar-refractivity contribution in [2.24, 2.45) is 0 Å². The minimum atomic E-state index is -3.60. The second kappa shape index (κ2) is 5.26. The maximum Gasteiger partial charge on any atom is 0.242 e. The highest BCUT2D eigenvalue weighted by molar-refractivity contribution is 7.89. The van der Waals surface area contributed by atoms with Crippen LogP contribution in [-0.2, 0) is 10.0 Å². The lowest BCUT2D eigenvalue weighted by molar-refractivity contribution is 0.587. The highest BCUT2D eigenvalue weighted by Gasteiger charge is 2.19. The van der Waals surface area contributed by atoms with E-state index >= 15 is 0 Å². The predicted octanol–water partition coefficient (Wildman–Crippen LogP) is 1.49. The van der Waals surface area contributed by atoms with E-state index in [-0.39, 0.29) is 10.8 Å². The van der Waals surface area contributed by atoms with Crippen molar-refractivity contribution >= 4 is 15.7 Å². The molecule has 0 amide bonds. The van der Waals surface area contributed by atoms with E-state index in [0.29, 0.717) is 11.4 Å². The summed E-state index contributed by atoms with van der Waals surface area (Å²) in [4.78, 5) is 0.110. The van der Waals surface area contributed by atoms with Crippen LogP contribution in [0.4, 0.5) is 5.69 Å². The standard InChI is InChI=1S/C13H18N4O2S/c1-9(2)11-6-7-17(16-11)12-5-4-10(14)8-13(12)20(18,19)15-3/h4-9,15H,14H2,1-3H3. The Labute approximate surface area is 118 Å². The first-order valence-electron chi connectivity index (χ1n) is 6.24. The molecule has 20 heavy (non-hydrogen) atoms. The first-order chi connectivity index (χ1) is 9.35. The Balaban J connectivity index is 2.62. The summed E-state index contributed by atoms with van der Waals surface area (Å²) < 4.78 is 28.0. The van der Waals surface area contributed by atoms with Gasteiger partial charge in [0.15, 0.2) is 0 Å². The number of sulfonamides is 1. The fourth-order valence-corrected chi connectivity index (χ4v) is 2.77. The number of nitrogen functional groups attached to an aromatic ring is 1. The van der Waals surface area contributed by atoms with Gasteiger partial charge in [-0.2, -0.15) is 5.10 Å². The Hall–Kier alpha value is -1.86. The van der Waals surface area contributed by atoms with E-state index in [9.17, 15) is 8.42 Å². The van der Waals surface area contributed by atoms with Gasteiger partial charge in [0.25, 0.3) is 0 Å². The molecule has 0 aliphatic rings. The zero-order chi connectivity index (χ0) is 14.9. The third-order valence-electron chi connectivity index (χ3n) is 2.99. The van der Waals surface area contributed by atoms with Gasteiger partial charge in [-0.05, 0) is 37.2 Å². The minimum absolute atomic E-state index is 0.110. The lowest BCUT2D eigenvalue weighted by atomic mass is 10.1. The molecule has 3 N–H and O–H groups in total. The van der Waals surface area contributed by atoms with E-state index in [2.05, 4.69) is 9.82 Å². The molecule has 7 heteroatoms. The van der Waals surface area contributed by atoms with Gasteiger partial charge in [-0.15, -0.1) is 0 Å². The Morgan fingerprint density at radius 3 is 2.55 bits per heavy atom. The monoisotopic (exact) mass is 294 g/mol. The highest BCUT2D eigenvalue weighted by Crippen LogP contribution is 2.23. The van der Waals surface area contributed by atoms with E-state index in [0.717, 1.165) is 5.69 Å². The van der Waals surface area contributed by atoms with Crippen LogP contribution in [0.3, 0.4) is 0 Å². The third kappa shape index (κ3) is 2.68. The molecule has 1 aromatic carbocycles. The fourth-order valence-electron chi connectivity index (χ4n) is 1.83. The number of rotatable bonds is 4. The number of hydrogen-bond acceptors (Lipinski definition) is 4. The molecular formula is C13H18N4O2S. The summed E-state index contributed by atoms with van der Waals surface area (Å²) in [5, 5.41) is 4.40. The van der Waals surface area contributed by atoms with Crippen molar-refractivity contribution in [2.45, 2.75) is 24.7 Å². The Morgan fingerprint density at radius 2 is 2.00 bits per heavy atom. The smallest absolute Gasteiger partial charge is 0.242 e. The molecule has 0 unspecified atom stereocenters. The third-order valence-corrected chi connectivity index (χ3v) is 4.43. The molecule has 0 atom stereocenters. The van der Waals surface area contributed by atoms with E-state index in [1.54, 1.807) is 23.0 Å². The van der Waals surface area contributed by atoms with Crippen molar-refractivity contribution in [1.29, 1.82) is 0 Å². The fraction of sp³-hybridized carbons (Fsp3) is 0.308. The van der Waals surface area contributed by atoms with E-state index < -0.39 is 10.0 Å². The van der Waals surface area contributed by atoms with Crippen LogP contribution in [-0.4, -0.2) is 25.2 Å². The van der Waals surface area contributed by atoms with Gasteiger partial charge >= 0.3 is 0 Å². The molecule has 0 saturated carbocycles. The SMILES string of the molecule is CNS(=O)(=O)c1cc(N)ccc1-n1ccc(C(C)C)n1. The van der Waals surface area contributed by atoms with Crippen molar-refractivity contribution < 1.29 is 8.42 Å². The molecule has 1 heterocycles. The van der Waals surface area contributed by atoms with Gasteiger partial charge in [-0.1, -0.05) is 13.8 Å². The summed E-state index contributed by atoms with van der Waals surface area (Å²) in [5.41, 5.74) is 7.45. The summed E-state index contributed by atoms with van der Waals surface area (Å²) in [6.07, 6.45) is 1.75. The number of benzene rings is 1. The number of anilines is 1. The molecule has 6 nitrogen and oxygen atoms in total. The lowest BCUT2D eigenvalue weighted by Crippen LogP contribution is -2.21. The van der Waals surface area contributed by atoms with Gasteiger partial charge in [0.05, 0.1) is 11.4 Å². The number of hydrogen-bond donors (Lipinski definition) is 2. The number of aromatic nitrogens is 2. The quantitative estimate of drug-likeness (QED) is 0.836. The molecule has 0 fully saturated rings. The topological polar surface area (TPSA) is 90.0 Å². The van der Waals surface area contributed by atoms with E-state index in [1.165, 1.54) is 13.1 Å². The number of nitrogens with one attached hydrogen (secondary N) is 1. The van der Waals surface area contributed by atoms with Crippen LogP contribution in [0.5, 0.6) is 0 Å². The normalized spacial score (nSPS) is 12.0. The van der Waals surface area contributed by atoms with Gasteiger partial charge < -0.3 is 5.73 Å². The van der Waals surface area contributed by atoms with Crippen LogP contribution < -0.4 is 10.5 Å². The summed E-state index contributed by atoms with van der Waals surface area (Å²) in [5.74, 6) is 0.273. The lowest BCUT2D eigenvalue weighted by Gasteiger charge is -2.11. The average molecular weight is 294 g/mol. The van der Waals surface area contributed by atoms with Crippen LogP contribution in [0.2, 0.25) is 0 Å². The maximum atomic E-state index is 12.1. The van der Waals surface area contributed by atoms with Gasteiger partial charge in [-0.3, -0.25) is 0 Å². The van der Waals surface area contributed by atoms with Gasteiger partial charge in [-0.25, -0.2) is 17.8 Å². The molecule has 0 aliphatic heterocycles. The second-order valence-corrected chi connectivity index (χ2v) is 6.63. The molecule has 0 radical (unpaired) electrons. The highest BCUT2D eigenvalue weighted by atomic mass is 32.2. The van der Waals surface area contributed by atoms with Gasteiger partial charge in [0.2, 0.25) is 10.0 Å². The van der Waals surface area contributed by atoms with Crippen molar-refractivity contribution in [1.82, 2.24) is 14.5 Å². The molecule has 0 spiro atoms. The molecule has 2 aromatic rings. The van der Waals surface area contributed by atoms with Crippen LogP contribution in [0.15, 0.2) is 35.4 Å². The first kappa shape index (κ1) is 14.5. The average Bonchev–Trinajstić information content (AvgIpc) is 2.88. The summed E-state index contributed by atoms with van der Waals surface area (Å²) in [7, 11) is -2.24. The molecular weight excluding hydrogens is 276 g/mol. The predicted molar refractivity (Wildman–Crippen MR) is 78.3 cm³/mol. The summed E-state index contributed by atoms with van der Waals surface area (Å²) in [6.45, 7) is 4.06. The molecule has 1 aromatic heterocycles. The van der Waals surface area contributed by atoms with Crippen molar-refractivity contribution in [2.75, 3.05) is 12.8 Å². The largest absolute Gasteiger partial charge is 0.399 e. The summed E-state index contributed by atoms with van der Waals surface area (Å²) in [6, 6.07) is 6.60. The second-order valence-electron chi connectivity index (χ2n) is 4.77. The summed E-state index contributed by atoms with van der Waals surface area (Å²) >= 11 is 0. The molecule has 0 bridgehead atoms. The van der Waals surface area contributed by atoms with Crippen LogP contribution >= 0.6 is 0 Å².